The molecule has 1 unspecified atom stereocenters. The molecule has 2 N–H and O–H groups in total. The Labute approximate surface area is 143 Å². The molecule has 1 aromatic rings. The molecule has 0 saturated carbocycles. The molecule has 6 heteroatoms. The lowest BCUT2D eigenvalue weighted by molar-refractivity contribution is -0.120. The van der Waals surface area contributed by atoms with Crippen LogP contribution in [0.3, 0.4) is 0 Å². The molecular weight excluding hydrogens is 307 g/mol. The lowest BCUT2D eigenvalue weighted by atomic mass is 10.0. The number of halogens is 1. The van der Waals surface area contributed by atoms with Gasteiger partial charge in [-0.1, -0.05) is 19.1 Å². The number of benzene rings is 1. The van der Waals surface area contributed by atoms with Crippen LogP contribution < -0.4 is 10.6 Å². The summed E-state index contributed by atoms with van der Waals surface area (Å²) >= 11 is 0. The monoisotopic (exact) mass is 334 g/mol. The molecular formula is C18H27FN4O. The van der Waals surface area contributed by atoms with Crippen molar-refractivity contribution < 1.29 is 9.18 Å². The van der Waals surface area contributed by atoms with Crippen molar-refractivity contribution in [1.29, 1.82) is 0 Å². The van der Waals surface area contributed by atoms with Gasteiger partial charge in [0.25, 0.3) is 0 Å². The minimum absolute atomic E-state index is 0.0648. The normalized spacial score (nSPS) is 18.4. The van der Waals surface area contributed by atoms with E-state index in [1.807, 2.05) is 0 Å². The Bertz CT molecular complexity index is 559. The fourth-order valence-corrected chi connectivity index (χ4v) is 2.94. The highest BCUT2D eigenvalue weighted by molar-refractivity contribution is 5.80. The van der Waals surface area contributed by atoms with E-state index in [2.05, 4.69) is 27.4 Å². The van der Waals surface area contributed by atoms with Crippen LogP contribution >= 0.6 is 0 Å². The quantitative estimate of drug-likeness (QED) is 0.490. The minimum atomic E-state index is -0.290. The molecule has 1 atom stereocenters. The van der Waals surface area contributed by atoms with E-state index in [4.69, 9.17) is 0 Å². The second-order valence-corrected chi connectivity index (χ2v) is 6.32. The third-order valence-corrected chi connectivity index (χ3v) is 4.18. The van der Waals surface area contributed by atoms with Crippen molar-refractivity contribution in [2.24, 2.45) is 10.9 Å². The smallest absolute Gasteiger partial charge is 0.224 e. The standard InChI is InChI=1S/C18H27FN4O/c1-14-4-3-11-23(13-14)18(20-2)22-10-9-21-17(24)12-15-5-7-16(19)8-6-15/h5-8,14H,3-4,9-13H2,1-2H3,(H,20,22)(H,21,24). The van der Waals surface area contributed by atoms with E-state index in [0.29, 0.717) is 19.0 Å². The lowest BCUT2D eigenvalue weighted by Gasteiger charge is -2.33. The third kappa shape index (κ3) is 5.83. The van der Waals surface area contributed by atoms with Gasteiger partial charge in [0, 0.05) is 33.2 Å². The summed E-state index contributed by atoms with van der Waals surface area (Å²) in [6, 6.07) is 6.00. The second-order valence-electron chi connectivity index (χ2n) is 6.32. The summed E-state index contributed by atoms with van der Waals surface area (Å²) in [6.07, 6.45) is 2.72. The summed E-state index contributed by atoms with van der Waals surface area (Å²) in [6.45, 7) is 5.47. The number of aliphatic imine (C=N–C) groups is 1. The fourth-order valence-electron chi connectivity index (χ4n) is 2.94. The summed E-state index contributed by atoms with van der Waals surface area (Å²) in [4.78, 5) is 18.5. The second kappa shape index (κ2) is 9.25. The molecule has 0 bridgehead atoms. The first-order valence-corrected chi connectivity index (χ1v) is 8.55. The van der Waals surface area contributed by atoms with Gasteiger partial charge in [-0.15, -0.1) is 0 Å². The maximum absolute atomic E-state index is 12.8. The molecule has 1 fully saturated rings. The number of hydrogen-bond donors (Lipinski definition) is 2. The average Bonchev–Trinajstić information content (AvgIpc) is 2.57. The van der Waals surface area contributed by atoms with Crippen molar-refractivity contribution >= 4 is 11.9 Å². The first-order valence-electron chi connectivity index (χ1n) is 8.55. The van der Waals surface area contributed by atoms with Gasteiger partial charge in [-0.2, -0.15) is 0 Å². The van der Waals surface area contributed by atoms with Crippen molar-refractivity contribution in [3.8, 4) is 0 Å². The SMILES string of the molecule is CN=C(NCCNC(=O)Cc1ccc(F)cc1)N1CCCC(C)C1. The summed E-state index contributed by atoms with van der Waals surface area (Å²) in [5, 5.41) is 6.17. The molecule has 132 valence electrons. The summed E-state index contributed by atoms with van der Waals surface area (Å²) in [5.74, 6) is 1.23. The Morgan fingerprint density at radius 2 is 2.00 bits per heavy atom. The molecule has 0 spiro atoms. The largest absolute Gasteiger partial charge is 0.354 e. The van der Waals surface area contributed by atoms with Crippen molar-refractivity contribution in [2.75, 3.05) is 33.2 Å². The number of amides is 1. The van der Waals surface area contributed by atoms with E-state index < -0.39 is 0 Å². The van der Waals surface area contributed by atoms with E-state index >= 15 is 0 Å². The van der Waals surface area contributed by atoms with Crippen molar-refractivity contribution in [1.82, 2.24) is 15.5 Å². The van der Waals surface area contributed by atoms with E-state index in [9.17, 15) is 9.18 Å². The van der Waals surface area contributed by atoms with E-state index in [-0.39, 0.29) is 18.1 Å². The fraction of sp³-hybridized carbons (Fsp3) is 0.556. The van der Waals surface area contributed by atoms with Gasteiger partial charge in [0.15, 0.2) is 5.96 Å². The first kappa shape index (κ1) is 18.2. The predicted molar refractivity (Wildman–Crippen MR) is 94.4 cm³/mol. The predicted octanol–water partition coefficient (Wildman–Crippen LogP) is 1.79. The summed E-state index contributed by atoms with van der Waals surface area (Å²) in [5.41, 5.74) is 0.806. The van der Waals surface area contributed by atoms with Crippen LogP contribution in [-0.4, -0.2) is 50.0 Å². The van der Waals surface area contributed by atoms with Crippen molar-refractivity contribution in [3.05, 3.63) is 35.6 Å². The molecule has 1 aliphatic heterocycles. The van der Waals surface area contributed by atoms with Gasteiger partial charge in [0.2, 0.25) is 5.91 Å². The van der Waals surface area contributed by atoms with Crippen molar-refractivity contribution in [3.63, 3.8) is 0 Å². The number of nitrogens with zero attached hydrogens (tertiary/aromatic N) is 2. The van der Waals surface area contributed by atoms with Crippen LogP contribution in [0.25, 0.3) is 0 Å². The average molecular weight is 334 g/mol. The molecule has 1 saturated heterocycles. The van der Waals surface area contributed by atoms with E-state index in [1.54, 1.807) is 19.2 Å². The number of hydrogen-bond acceptors (Lipinski definition) is 2. The van der Waals surface area contributed by atoms with Gasteiger partial charge < -0.3 is 15.5 Å². The molecule has 1 amide bonds. The van der Waals surface area contributed by atoms with Gasteiger partial charge in [-0.3, -0.25) is 9.79 Å². The molecule has 5 nitrogen and oxygen atoms in total. The molecule has 1 aromatic carbocycles. The van der Waals surface area contributed by atoms with Crippen LogP contribution in [0.1, 0.15) is 25.3 Å². The highest BCUT2D eigenvalue weighted by Gasteiger charge is 2.18. The van der Waals surface area contributed by atoms with Crippen LogP contribution in [0.4, 0.5) is 4.39 Å². The van der Waals surface area contributed by atoms with Gasteiger partial charge in [0.1, 0.15) is 5.82 Å². The number of carbonyl (C=O) groups excluding carboxylic acids is 1. The van der Waals surface area contributed by atoms with Crippen LogP contribution in [0, 0.1) is 11.7 Å². The lowest BCUT2D eigenvalue weighted by Crippen LogP contribution is -2.47. The number of likely N-dealkylation sites (tertiary alicyclic amines) is 1. The molecule has 0 radical (unpaired) electrons. The summed E-state index contributed by atoms with van der Waals surface area (Å²) < 4.78 is 12.8. The van der Waals surface area contributed by atoms with E-state index in [1.165, 1.54) is 25.0 Å². The number of guanidine groups is 1. The first-order chi connectivity index (χ1) is 11.6. The van der Waals surface area contributed by atoms with Crippen molar-refractivity contribution in [2.45, 2.75) is 26.2 Å². The summed E-state index contributed by atoms with van der Waals surface area (Å²) in [7, 11) is 1.79. The molecule has 1 heterocycles. The minimum Gasteiger partial charge on any atom is -0.354 e. The zero-order chi connectivity index (χ0) is 17.4. The number of rotatable bonds is 5. The highest BCUT2D eigenvalue weighted by atomic mass is 19.1. The maximum Gasteiger partial charge on any atom is 0.224 e. The van der Waals surface area contributed by atoms with Crippen LogP contribution in [0.5, 0.6) is 0 Å². The van der Waals surface area contributed by atoms with Gasteiger partial charge in [0.05, 0.1) is 6.42 Å². The van der Waals surface area contributed by atoms with Crippen LogP contribution in [-0.2, 0) is 11.2 Å². The maximum atomic E-state index is 12.8. The zero-order valence-electron chi connectivity index (χ0n) is 14.5. The zero-order valence-corrected chi connectivity index (χ0v) is 14.5. The molecule has 0 aromatic heterocycles. The number of piperidine rings is 1. The van der Waals surface area contributed by atoms with Gasteiger partial charge in [-0.25, -0.2) is 4.39 Å². The Balaban J connectivity index is 1.67. The number of carbonyl (C=O) groups is 1. The van der Waals surface area contributed by atoms with E-state index in [0.717, 1.165) is 24.6 Å². The molecule has 1 aliphatic rings. The van der Waals surface area contributed by atoms with Gasteiger partial charge in [-0.05, 0) is 36.5 Å². The Morgan fingerprint density at radius 3 is 2.67 bits per heavy atom. The number of nitrogens with one attached hydrogen (secondary N) is 2. The van der Waals surface area contributed by atoms with Crippen LogP contribution in [0.2, 0.25) is 0 Å². The Hall–Kier alpha value is -2.11. The topological polar surface area (TPSA) is 56.7 Å². The Morgan fingerprint density at radius 1 is 1.29 bits per heavy atom. The molecule has 24 heavy (non-hydrogen) atoms. The third-order valence-electron chi connectivity index (χ3n) is 4.18. The van der Waals surface area contributed by atoms with Gasteiger partial charge >= 0.3 is 0 Å². The van der Waals surface area contributed by atoms with Crippen LogP contribution in [0.15, 0.2) is 29.3 Å². The highest BCUT2D eigenvalue weighted by Crippen LogP contribution is 2.15. The Kier molecular flexibility index (Phi) is 7.03. The molecule has 2 rings (SSSR count). The molecule has 0 aliphatic carbocycles.